The predicted molar refractivity (Wildman–Crippen MR) is 70.3 cm³/mol. The van der Waals surface area contributed by atoms with Crippen molar-refractivity contribution in [2.75, 3.05) is 13.6 Å². The van der Waals surface area contributed by atoms with E-state index < -0.39 is 0 Å². The zero-order valence-electron chi connectivity index (χ0n) is 10.3. The van der Waals surface area contributed by atoms with E-state index >= 15 is 0 Å². The summed E-state index contributed by atoms with van der Waals surface area (Å²) < 4.78 is 0. The molecule has 1 atom stereocenters. The summed E-state index contributed by atoms with van der Waals surface area (Å²) in [6.07, 6.45) is 6.68. The van der Waals surface area contributed by atoms with Crippen LogP contribution in [0.1, 0.15) is 61.6 Å². The average Bonchev–Trinajstić information content (AvgIpc) is 2.95. The molecule has 1 unspecified atom stereocenters. The van der Waals surface area contributed by atoms with Gasteiger partial charge in [-0.25, -0.2) is 4.98 Å². The van der Waals surface area contributed by atoms with Crippen molar-refractivity contribution in [3.05, 3.63) is 16.1 Å². The maximum Gasteiger partial charge on any atom is 0.0959 e. The first-order valence-corrected chi connectivity index (χ1v) is 7.33. The lowest BCUT2D eigenvalue weighted by Crippen LogP contribution is -2.17. The minimum atomic E-state index is 0.594. The summed E-state index contributed by atoms with van der Waals surface area (Å²) in [5.74, 6) is 1.36. The molecule has 0 aliphatic heterocycles. The number of nitrogens with zero attached hydrogens (tertiary/aromatic N) is 1. The largest absolute Gasteiger partial charge is 0.319 e. The highest BCUT2D eigenvalue weighted by atomic mass is 32.1. The van der Waals surface area contributed by atoms with Crippen molar-refractivity contribution in [2.24, 2.45) is 0 Å². The van der Waals surface area contributed by atoms with Gasteiger partial charge in [-0.2, -0.15) is 0 Å². The van der Waals surface area contributed by atoms with Crippen LogP contribution in [0.4, 0.5) is 0 Å². The van der Waals surface area contributed by atoms with E-state index in [1.807, 2.05) is 18.4 Å². The molecule has 1 aromatic rings. The molecule has 1 heterocycles. The van der Waals surface area contributed by atoms with Gasteiger partial charge in [0.2, 0.25) is 0 Å². The third-order valence-corrected chi connectivity index (χ3v) is 4.63. The SMILES string of the molecule is CCC(CNC)c1csc(C2CCCC2)n1. The van der Waals surface area contributed by atoms with Crippen LogP contribution < -0.4 is 5.32 Å². The molecule has 2 rings (SSSR count). The molecule has 90 valence electrons. The van der Waals surface area contributed by atoms with Crippen LogP contribution in [0.15, 0.2) is 5.38 Å². The van der Waals surface area contributed by atoms with E-state index in [-0.39, 0.29) is 0 Å². The van der Waals surface area contributed by atoms with Crippen molar-refractivity contribution in [2.45, 2.75) is 50.9 Å². The molecule has 16 heavy (non-hydrogen) atoms. The average molecular weight is 238 g/mol. The van der Waals surface area contributed by atoms with Gasteiger partial charge in [-0.05, 0) is 26.3 Å². The molecular formula is C13H22N2S. The Labute approximate surface area is 102 Å². The number of aromatic nitrogens is 1. The van der Waals surface area contributed by atoms with E-state index in [2.05, 4.69) is 17.6 Å². The Morgan fingerprint density at radius 1 is 1.50 bits per heavy atom. The van der Waals surface area contributed by atoms with E-state index in [9.17, 15) is 0 Å². The van der Waals surface area contributed by atoms with Crippen LogP contribution >= 0.6 is 11.3 Å². The molecule has 1 saturated carbocycles. The van der Waals surface area contributed by atoms with Crippen molar-refractivity contribution in [3.8, 4) is 0 Å². The van der Waals surface area contributed by atoms with Gasteiger partial charge in [-0.3, -0.25) is 0 Å². The lowest BCUT2D eigenvalue weighted by atomic mass is 10.0. The Balaban J connectivity index is 2.05. The molecule has 0 spiro atoms. The minimum Gasteiger partial charge on any atom is -0.319 e. The molecule has 0 radical (unpaired) electrons. The van der Waals surface area contributed by atoms with Gasteiger partial charge in [0, 0.05) is 23.8 Å². The van der Waals surface area contributed by atoms with E-state index in [1.165, 1.54) is 42.8 Å². The van der Waals surface area contributed by atoms with Gasteiger partial charge >= 0.3 is 0 Å². The van der Waals surface area contributed by atoms with Crippen molar-refractivity contribution < 1.29 is 0 Å². The normalized spacial score (nSPS) is 19.1. The highest BCUT2D eigenvalue weighted by Crippen LogP contribution is 2.36. The maximum absolute atomic E-state index is 4.86. The second-order valence-corrected chi connectivity index (χ2v) is 5.64. The second-order valence-electron chi connectivity index (χ2n) is 4.75. The van der Waals surface area contributed by atoms with Crippen LogP contribution in [-0.2, 0) is 0 Å². The molecule has 0 amide bonds. The molecular weight excluding hydrogens is 216 g/mol. The lowest BCUT2D eigenvalue weighted by molar-refractivity contribution is 0.594. The van der Waals surface area contributed by atoms with Gasteiger partial charge in [0.15, 0.2) is 0 Å². The molecule has 1 N–H and O–H groups in total. The van der Waals surface area contributed by atoms with Crippen LogP contribution in [0.2, 0.25) is 0 Å². The molecule has 0 bridgehead atoms. The molecule has 0 saturated heterocycles. The summed E-state index contributed by atoms with van der Waals surface area (Å²) in [6, 6.07) is 0. The molecule has 2 nitrogen and oxygen atoms in total. The van der Waals surface area contributed by atoms with E-state index in [1.54, 1.807) is 0 Å². The highest BCUT2D eigenvalue weighted by Gasteiger charge is 2.21. The van der Waals surface area contributed by atoms with E-state index in [4.69, 9.17) is 4.98 Å². The summed E-state index contributed by atoms with van der Waals surface area (Å²) in [4.78, 5) is 4.86. The topological polar surface area (TPSA) is 24.9 Å². The fourth-order valence-electron chi connectivity index (χ4n) is 2.55. The van der Waals surface area contributed by atoms with Crippen molar-refractivity contribution >= 4 is 11.3 Å². The number of hydrogen-bond acceptors (Lipinski definition) is 3. The van der Waals surface area contributed by atoms with Gasteiger partial charge in [0.1, 0.15) is 0 Å². The summed E-state index contributed by atoms with van der Waals surface area (Å²) in [6.45, 7) is 3.29. The van der Waals surface area contributed by atoms with Gasteiger partial charge in [0.05, 0.1) is 10.7 Å². The van der Waals surface area contributed by atoms with Gasteiger partial charge < -0.3 is 5.32 Å². The van der Waals surface area contributed by atoms with Crippen LogP contribution in [0, 0.1) is 0 Å². The Bertz CT molecular complexity index is 315. The number of nitrogens with one attached hydrogen (secondary N) is 1. The standard InChI is InChI=1S/C13H22N2S/c1-3-10(8-14-2)12-9-16-13(15-12)11-6-4-5-7-11/h9-11,14H,3-8H2,1-2H3. The molecule has 1 aliphatic carbocycles. The van der Waals surface area contributed by atoms with Crippen molar-refractivity contribution in [1.29, 1.82) is 0 Å². The van der Waals surface area contributed by atoms with Gasteiger partial charge in [-0.1, -0.05) is 19.8 Å². The zero-order valence-corrected chi connectivity index (χ0v) is 11.1. The predicted octanol–water partition coefficient (Wildman–Crippen LogP) is 3.51. The Hall–Kier alpha value is -0.410. The third-order valence-electron chi connectivity index (χ3n) is 3.61. The smallest absolute Gasteiger partial charge is 0.0959 e. The maximum atomic E-state index is 4.86. The Morgan fingerprint density at radius 3 is 2.88 bits per heavy atom. The van der Waals surface area contributed by atoms with E-state index in [0.717, 1.165) is 12.5 Å². The fourth-order valence-corrected chi connectivity index (χ4v) is 3.63. The molecule has 1 aromatic heterocycles. The fraction of sp³-hybridized carbons (Fsp3) is 0.769. The lowest BCUT2D eigenvalue weighted by Gasteiger charge is -2.11. The number of likely N-dealkylation sites (N-methyl/N-ethyl adjacent to an activating group) is 1. The van der Waals surface area contributed by atoms with Crippen LogP contribution in [0.5, 0.6) is 0 Å². The first-order valence-electron chi connectivity index (χ1n) is 6.45. The molecule has 1 aliphatic rings. The molecule has 0 aromatic carbocycles. The Kier molecular flexibility index (Phi) is 4.36. The second kappa shape index (κ2) is 5.78. The monoisotopic (exact) mass is 238 g/mol. The van der Waals surface area contributed by atoms with Crippen molar-refractivity contribution in [3.63, 3.8) is 0 Å². The minimum absolute atomic E-state index is 0.594. The highest BCUT2D eigenvalue weighted by molar-refractivity contribution is 7.09. The first kappa shape index (κ1) is 12.1. The summed E-state index contributed by atoms with van der Waals surface area (Å²) in [5, 5.41) is 6.93. The molecule has 1 fully saturated rings. The van der Waals surface area contributed by atoms with Gasteiger partial charge in [-0.15, -0.1) is 11.3 Å². The molecule has 3 heteroatoms. The van der Waals surface area contributed by atoms with Gasteiger partial charge in [0.25, 0.3) is 0 Å². The van der Waals surface area contributed by atoms with Crippen LogP contribution in [-0.4, -0.2) is 18.6 Å². The quantitative estimate of drug-likeness (QED) is 0.849. The van der Waals surface area contributed by atoms with Crippen LogP contribution in [0.3, 0.4) is 0 Å². The Morgan fingerprint density at radius 2 is 2.25 bits per heavy atom. The number of hydrogen-bond donors (Lipinski definition) is 1. The summed E-state index contributed by atoms with van der Waals surface area (Å²) >= 11 is 1.88. The number of rotatable bonds is 5. The van der Waals surface area contributed by atoms with Crippen LogP contribution in [0.25, 0.3) is 0 Å². The van der Waals surface area contributed by atoms with E-state index in [0.29, 0.717) is 5.92 Å². The first-order chi connectivity index (χ1) is 7.85. The zero-order chi connectivity index (χ0) is 11.4. The third kappa shape index (κ3) is 2.64. The summed E-state index contributed by atoms with van der Waals surface area (Å²) in [5.41, 5.74) is 1.31. The van der Waals surface area contributed by atoms with Crippen molar-refractivity contribution in [1.82, 2.24) is 10.3 Å². The number of thiazole rings is 1. The summed E-state index contributed by atoms with van der Waals surface area (Å²) in [7, 11) is 2.02.